The summed E-state index contributed by atoms with van der Waals surface area (Å²) in [5, 5.41) is 3.05. The van der Waals surface area contributed by atoms with Crippen molar-refractivity contribution < 1.29 is 31.1 Å². The number of nitrogens with one attached hydrogen (secondary N) is 1. The van der Waals surface area contributed by atoms with Gasteiger partial charge in [-0.3, -0.25) is 14.5 Å². The zero-order valence-electron chi connectivity index (χ0n) is 12.1. The molecule has 3 rings (SSSR count). The number of halogens is 1. The molecule has 114 valence electrons. The highest BCUT2D eigenvalue weighted by Gasteiger charge is 2.35. The van der Waals surface area contributed by atoms with Crippen LogP contribution in [0.15, 0.2) is 48.8 Å². The fourth-order valence-corrected chi connectivity index (χ4v) is 2.43. The van der Waals surface area contributed by atoms with E-state index >= 15 is 0 Å². The summed E-state index contributed by atoms with van der Waals surface area (Å²) < 4.78 is 1.95. The quantitative estimate of drug-likeness (QED) is 0.522. The molecule has 1 aromatic heterocycles. The summed E-state index contributed by atoms with van der Waals surface area (Å²) in [6.07, 6.45) is 3.84. The van der Waals surface area contributed by atoms with E-state index in [2.05, 4.69) is 5.32 Å². The zero-order chi connectivity index (χ0) is 14.8. The Labute approximate surface area is 139 Å². The predicted octanol–water partition coefficient (Wildman–Crippen LogP) is -1.68. The third-order valence-corrected chi connectivity index (χ3v) is 3.64. The number of hydrogen-bond donors (Lipinski definition) is 1. The topological polar surface area (TPSA) is 53.3 Å². The number of hydrogen-bond acceptors (Lipinski definition) is 3. The smallest absolute Gasteiger partial charge is 0.261 e. The number of carbonyl (C=O) groups excluding carboxylic acids is 2. The predicted molar refractivity (Wildman–Crippen MR) is 78.0 cm³/mol. The maximum absolute atomic E-state index is 12.2. The second-order valence-electron chi connectivity index (χ2n) is 4.88. The number of rotatable bonds is 4. The number of anilines is 1. The van der Waals surface area contributed by atoms with Gasteiger partial charge in [0.05, 0.1) is 17.7 Å². The summed E-state index contributed by atoms with van der Waals surface area (Å²) in [6.45, 7) is 0.950. The van der Waals surface area contributed by atoms with Crippen molar-refractivity contribution in [1.82, 2.24) is 4.90 Å². The van der Waals surface area contributed by atoms with Crippen LogP contribution in [0.1, 0.15) is 20.7 Å². The average Bonchev–Trinajstić information content (AvgIpc) is 2.78. The maximum atomic E-state index is 12.2. The van der Waals surface area contributed by atoms with Gasteiger partial charge in [0.2, 0.25) is 0 Å². The number of fused-ring (bicyclic) bond motifs is 1. The minimum atomic E-state index is -0.206. The normalized spacial score (nSPS) is 12.9. The molecule has 22 heavy (non-hydrogen) atoms. The summed E-state index contributed by atoms with van der Waals surface area (Å²) in [6, 6.07) is 10.8. The first kappa shape index (κ1) is 16.2. The van der Waals surface area contributed by atoms with Crippen LogP contribution in [0.4, 0.5) is 5.69 Å². The molecule has 0 atom stereocenters. The molecule has 0 spiro atoms. The third kappa shape index (κ3) is 2.87. The molecule has 6 heteroatoms. The number of carbonyl (C=O) groups is 2. The van der Waals surface area contributed by atoms with Crippen molar-refractivity contribution in [3.05, 3.63) is 59.9 Å². The molecule has 0 fully saturated rings. The van der Waals surface area contributed by atoms with E-state index < -0.39 is 0 Å². The van der Waals surface area contributed by atoms with Gasteiger partial charge < -0.3 is 22.3 Å². The molecule has 5 nitrogen and oxygen atoms in total. The van der Waals surface area contributed by atoms with E-state index in [4.69, 9.17) is 0 Å². The lowest BCUT2D eigenvalue weighted by atomic mass is 10.1. The molecule has 2 aromatic rings. The molecule has 0 radical (unpaired) electrons. The zero-order valence-corrected chi connectivity index (χ0v) is 13.7. The van der Waals surface area contributed by atoms with Crippen molar-refractivity contribution >= 4 is 17.5 Å². The van der Waals surface area contributed by atoms with Crippen molar-refractivity contribution in [2.75, 3.05) is 18.9 Å². The molecule has 0 saturated heterocycles. The monoisotopic (exact) mass is 361 g/mol. The van der Waals surface area contributed by atoms with Gasteiger partial charge in [0.1, 0.15) is 0 Å². The lowest BCUT2D eigenvalue weighted by Gasteiger charge is -2.11. The first-order chi connectivity index (χ1) is 10.2. The van der Waals surface area contributed by atoms with Crippen LogP contribution in [0.5, 0.6) is 0 Å². The number of benzene rings is 1. The summed E-state index contributed by atoms with van der Waals surface area (Å²) in [4.78, 5) is 25.7. The first-order valence-corrected chi connectivity index (χ1v) is 6.83. The van der Waals surface area contributed by atoms with E-state index in [1.54, 1.807) is 24.3 Å². The van der Waals surface area contributed by atoms with Crippen LogP contribution in [0.3, 0.4) is 0 Å². The Hall–Kier alpha value is -2.21. The second kappa shape index (κ2) is 6.70. The minimum Gasteiger partial charge on any atom is -1.00 e. The molecule has 0 unspecified atom stereocenters. The van der Waals surface area contributed by atoms with E-state index in [9.17, 15) is 9.59 Å². The highest BCUT2D eigenvalue weighted by atomic mass is 79.9. The van der Waals surface area contributed by atoms with Crippen LogP contribution >= 0.6 is 0 Å². The summed E-state index contributed by atoms with van der Waals surface area (Å²) in [5.41, 5.74) is 2.02. The van der Waals surface area contributed by atoms with Crippen LogP contribution in [0, 0.1) is 0 Å². The maximum Gasteiger partial charge on any atom is 0.261 e. The van der Waals surface area contributed by atoms with E-state index in [0.717, 1.165) is 5.69 Å². The van der Waals surface area contributed by atoms with Crippen LogP contribution in [0.25, 0.3) is 0 Å². The molecule has 1 aromatic carbocycles. The molecule has 0 saturated carbocycles. The van der Waals surface area contributed by atoms with E-state index in [0.29, 0.717) is 24.2 Å². The van der Waals surface area contributed by atoms with Crippen molar-refractivity contribution in [3.8, 4) is 0 Å². The van der Waals surface area contributed by atoms with Gasteiger partial charge in [-0.2, -0.15) is 0 Å². The van der Waals surface area contributed by atoms with Gasteiger partial charge in [-0.1, -0.05) is 12.1 Å². The highest BCUT2D eigenvalue weighted by molar-refractivity contribution is 6.21. The van der Waals surface area contributed by atoms with Gasteiger partial charge in [-0.05, 0) is 12.1 Å². The standard InChI is InChI=1S/C16H15N3O2.BrH/c1-17-12-6-8-18(9-7-12)10-11-19-15(20)13-4-2-3-5-14(13)16(19)21;/h2-9H,10-11H2,1H3;1H. The van der Waals surface area contributed by atoms with Crippen LogP contribution in [-0.2, 0) is 6.54 Å². The molecule has 1 aliphatic rings. The number of pyridine rings is 1. The number of nitrogens with zero attached hydrogens (tertiary/aromatic N) is 2. The molecule has 0 bridgehead atoms. The van der Waals surface area contributed by atoms with Gasteiger partial charge in [-0.15, -0.1) is 0 Å². The molecule has 1 aliphatic heterocycles. The number of imide groups is 1. The lowest BCUT2D eigenvalue weighted by molar-refractivity contribution is -0.695. The van der Waals surface area contributed by atoms with Gasteiger partial charge in [0.15, 0.2) is 18.9 Å². The summed E-state index contributed by atoms with van der Waals surface area (Å²) in [7, 11) is 1.86. The fourth-order valence-electron chi connectivity index (χ4n) is 2.43. The Balaban J connectivity index is 0.00000176. The fraction of sp³-hybridized carbons (Fsp3) is 0.188. The van der Waals surface area contributed by atoms with Crippen LogP contribution in [0.2, 0.25) is 0 Å². The van der Waals surface area contributed by atoms with E-state index in [1.807, 2.05) is 36.1 Å². The van der Waals surface area contributed by atoms with Crippen molar-refractivity contribution in [1.29, 1.82) is 0 Å². The molecule has 1 N–H and O–H groups in total. The van der Waals surface area contributed by atoms with E-state index in [-0.39, 0.29) is 28.8 Å². The van der Waals surface area contributed by atoms with Gasteiger partial charge >= 0.3 is 0 Å². The van der Waals surface area contributed by atoms with Crippen molar-refractivity contribution in [2.24, 2.45) is 0 Å². The van der Waals surface area contributed by atoms with Crippen LogP contribution in [-0.4, -0.2) is 30.3 Å². The Morgan fingerprint density at radius 1 is 1.00 bits per heavy atom. The molecular weight excluding hydrogens is 346 g/mol. The lowest BCUT2D eigenvalue weighted by Crippen LogP contribution is -3.00. The largest absolute Gasteiger partial charge is 1.00 e. The Morgan fingerprint density at radius 3 is 2.05 bits per heavy atom. The number of amides is 2. The number of aromatic nitrogens is 1. The van der Waals surface area contributed by atoms with Gasteiger partial charge in [0, 0.05) is 24.9 Å². The Morgan fingerprint density at radius 2 is 1.55 bits per heavy atom. The highest BCUT2D eigenvalue weighted by Crippen LogP contribution is 2.21. The molecular formula is C16H16BrN3O2. The molecule has 2 heterocycles. The minimum absolute atomic E-state index is 0. The Bertz CT molecular complexity index is 666. The SMILES string of the molecule is CNc1cc[n+](CCN2C(=O)c3ccccc3C2=O)cc1.[Br-]. The Kier molecular flexibility index (Phi) is 4.92. The van der Waals surface area contributed by atoms with Crippen LogP contribution < -0.4 is 26.9 Å². The van der Waals surface area contributed by atoms with E-state index in [1.165, 1.54) is 4.90 Å². The van der Waals surface area contributed by atoms with Gasteiger partial charge in [0.25, 0.3) is 11.8 Å². The second-order valence-corrected chi connectivity index (χ2v) is 4.88. The van der Waals surface area contributed by atoms with Gasteiger partial charge in [-0.25, -0.2) is 4.57 Å². The molecule has 0 aliphatic carbocycles. The van der Waals surface area contributed by atoms with Crippen molar-refractivity contribution in [2.45, 2.75) is 6.54 Å². The molecule has 2 amide bonds. The van der Waals surface area contributed by atoms with Crippen molar-refractivity contribution in [3.63, 3.8) is 0 Å². The summed E-state index contributed by atoms with van der Waals surface area (Å²) in [5.74, 6) is -0.411. The average molecular weight is 362 g/mol. The first-order valence-electron chi connectivity index (χ1n) is 6.83. The third-order valence-electron chi connectivity index (χ3n) is 3.64. The summed E-state index contributed by atoms with van der Waals surface area (Å²) >= 11 is 0.